The normalized spacial score (nSPS) is 26.5. The third-order valence-corrected chi connectivity index (χ3v) is 17.2. The van der Waals surface area contributed by atoms with Gasteiger partial charge in [-0.1, -0.05) is 75.0 Å². The van der Waals surface area contributed by atoms with Crippen LogP contribution in [0, 0.1) is 41.1 Å². The van der Waals surface area contributed by atoms with Crippen LogP contribution in [0.1, 0.15) is 132 Å². The van der Waals surface area contributed by atoms with Crippen molar-refractivity contribution in [2.75, 3.05) is 32.8 Å². The number of aryl methyl sites for hydroxylation is 1. The van der Waals surface area contributed by atoms with Crippen LogP contribution in [-0.2, 0) is 6.42 Å². The first-order valence-corrected chi connectivity index (χ1v) is 26.8. The highest BCUT2D eigenvalue weighted by Crippen LogP contribution is 2.61. The molecule has 9 N–H and O–H groups in total. The summed E-state index contributed by atoms with van der Waals surface area (Å²) in [5.74, 6) is 3.21. The van der Waals surface area contributed by atoms with Crippen LogP contribution in [0.15, 0.2) is 81.9 Å². The molecule has 374 valence electrons. The number of nitrogens with one attached hydrogen (secondary N) is 1. The highest BCUT2D eigenvalue weighted by Gasteiger charge is 2.58. The van der Waals surface area contributed by atoms with Crippen molar-refractivity contribution >= 4 is 28.6 Å². The van der Waals surface area contributed by atoms with Gasteiger partial charge in [-0.15, -0.1) is 16.6 Å². The summed E-state index contributed by atoms with van der Waals surface area (Å²) in [6.07, 6.45) is 27.8. The molecule has 70 heavy (non-hydrogen) atoms. The Balaban J connectivity index is 0.660. The van der Waals surface area contributed by atoms with Crippen molar-refractivity contribution in [1.82, 2.24) is 5.32 Å². The summed E-state index contributed by atoms with van der Waals surface area (Å²) in [6, 6.07) is 14.0. The Morgan fingerprint density at radius 2 is 1.90 bits per heavy atom. The van der Waals surface area contributed by atoms with Crippen molar-refractivity contribution in [3.05, 3.63) is 111 Å². The van der Waals surface area contributed by atoms with Crippen LogP contribution in [0.2, 0.25) is 0 Å². The number of aliphatic hydroxyl groups excluding tert-OH is 4. The number of hydrogen-bond acceptors (Lipinski definition) is 10. The zero-order chi connectivity index (χ0) is 48.4. The number of benzene rings is 3. The maximum absolute atomic E-state index is 11.5. The summed E-state index contributed by atoms with van der Waals surface area (Å²) in [6.45, 7) is 3.88. The summed E-state index contributed by atoms with van der Waals surface area (Å²) in [5.41, 5.74) is 12.8. The molecular weight excluding hydrogens is 877 g/mol. The molecular formula is C59H77N4O7+. The predicted octanol–water partition coefficient (Wildman–Crippen LogP) is 7.31. The van der Waals surface area contributed by atoms with Crippen LogP contribution in [0.25, 0.3) is 22.9 Å². The standard InChI is InChI=1S/C59H76N4O7/c1-36(65)32-61-33-49-45-10-8-11-50(45)59(22-6-7-23-59)31-53-48(49)30-52(63-53)55(67)35-69-57-25-37(14-20-54(57)66)13-17-43-27-41(34-64)56(70-43)12-5-3-2-4-9-42(60)26-40-16-18-44-46(58(40)68)19-15-38-29-51-39(21-24-62-51)28-47(38)44/h14-16,18-21,25,27-30,36,40,42,45,49-50,55-56,58,61,64-65,67-68,70H,2-13,17,22-24,26,31-35,60H2,1H3/p+1/t36-,40+,42-,45-,49-,50-,55-,56?,58+/m0/s1. The number of hydrogen-bond donors (Lipinski definition) is 7. The topological polar surface area (TPSA) is 186 Å². The van der Waals surface area contributed by atoms with E-state index < -0.39 is 18.3 Å². The number of phenolic OH excluding ortho intramolecular Hbond substituents is 1. The summed E-state index contributed by atoms with van der Waals surface area (Å²) >= 11 is 0. The number of fused-ring (bicyclic) bond motifs is 7. The van der Waals surface area contributed by atoms with E-state index in [1.165, 1.54) is 61.5 Å². The number of nitrogens with two attached hydrogens (primary N) is 1. The number of nitrogens with zero attached hydrogens (tertiary/aromatic N) is 2. The molecule has 11 nitrogen and oxygen atoms in total. The first-order valence-electron chi connectivity index (χ1n) is 26.8. The lowest BCUT2D eigenvalue weighted by Gasteiger charge is -2.37. The number of phenols is 1. The molecule has 0 aromatic heterocycles. The molecule has 1 spiro atoms. The third-order valence-electron chi connectivity index (χ3n) is 17.2. The van der Waals surface area contributed by atoms with E-state index in [0.29, 0.717) is 54.0 Å². The number of aliphatic hydroxyl groups is 6. The maximum atomic E-state index is 11.5. The van der Waals surface area contributed by atoms with Gasteiger partial charge in [-0.2, -0.15) is 0 Å². The fourth-order valence-corrected chi connectivity index (χ4v) is 13.6. The minimum Gasteiger partial charge on any atom is -0.504 e. The Bertz CT molecular complexity index is 2600. The minimum absolute atomic E-state index is 0.00314. The Morgan fingerprint density at radius 3 is 2.74 bits per heavy atom. The lowest BCUT2D eigenvalue weighted by Crippen LogP contribution is -2.38. The van der Waals surface area contributed by atoms with Gasteiger partial charge in [0.2, 0.25) is 5.70 Å². The number of unbranched alkanes of at least 4 members (excludes halogenated alkanes) is 3. The van der Waals surface area contributed by atoms with E-state index >= 15 is 0 Å². The van der Waals surface area contributed by atoms with Gasteiger partial charge in [-0.3, -0.25) is 4.99 Å². The van der Waals surface area contributed by atoms with Crippen molar-refractivity contribution in [2.45, 2.75) is 147 Å². The molecule has 0 bridgehead atoms. The Hall–Kier alpha value is -4.46. The molecule has 7 aliphatic rings. The van der Waals surface area contributed by atoms with E-state index in [-0.39, 0.29) is 37.0 Å². The number of ether oxygens (including phenoxy) is 2. The quantitative estimate of drug-likeness (QED) is 0.0329. The van der Waals surface area contributed by atoms with Gasteiger partial charge in [0.05, 0.1) is 36.1 Å². The fourth-order valence-electron chi connectivity index (χ4n) is 13.6. The van der Waals surface area contributed by atoms with Gasteiger partial charge in [-0.05, 0) is 139 Å². The minimum atomic E-state index is -0.943. The maximum Gasteiger partial charge on any atom is 0.208 e. The monoisotopic (exact) mass is 954 g/mol. The van der Waals surface area contributed by atoms with Crippen LogP contribution in [0.5, 0.6) is 11.5 Å². The molecule has 11 heteroatoms. The van der Waals surface area contributed by atoms with Gasteiger partial charge in [0, 0.05) is 44.5 Å². The summed E-state index contributed by atoms with van der Waals surface area (Å²) in [4.78, 5) is 9.72. The lowest BCUT2D eigenvalue weighted by molar-refractivity contribution is -0.0552. The zero-order valence-electron chi connectivity index (χ0n) is 41.2. The Kier molecular flexibility index (Phi) is 15.2. The van der Waals surface area contributed by atoms with E-state index in [4.69, 9.17) is 20.2 Å². The summed E-state index contributed by atoms with van der Waals surface area (Å²) in [5, 5.41) is 62.1. The largest absolute Gasteiger partial charge is 0.504 e. The first kappa shape index (κ1) is 49.1. The Labute approximate surface area is 414 Å². The Morgan fingerprint density at radius 1 is 1.04 bits per heavy atom. The first-order chi connectivity index (χ1) is 34.1. The van der Waals surface area contributed by atoms with Crippen LogP contribution >= 0.6 is 0 Å². The molecule has 3 saturated carbocycles. The van der Waals surface area contributed by atoms with E-state index in [1.807, 2.05) is 19.1 Å². The van der Waals surface area contributed by atoms with Crippen molar-refractivity contribution in [3.63, 3.8) is 0 Å². The molecule has 9 atom stereocenters. The molecule has 4 aliphatic carbocycles. The molecule has 3 aromatic rings. The second-order valence-corrected chi connectivity index (χ2v) is 22.0. The highest BCUT2D eigenvalue weighted by atomic mass is 16.5. The van der Waals surface area contributed by atoms with Crippen molar-refractivity contribution < 1.29 is 35.0 Å². The second kappa shape index (κ2) is 21.7. The molecule has 0 saturated heterocycles. The lowest BCUT2D eigenvalue weighted by atomic mass is 9.66. The van der Waals surface area contributed by atoms with E-state index in [1.54, 1.807) is 6.07 Å². The highest BCUT2D eigenvalue weighted by molar-refractivity contribution is 6.03. The smallest absolute Gasteiger partial charge is 0.208 e. The molecule has 3 heterocycles. The van der Waals surface area contributed by atoms with Gasteiger partial charge in [0.25, 0.3) is 0 Å². The molecule has 3 aliphatic heterocycles. The molecule has 1 unspecified atom stereocenters. The molecule has 0 radical (unpaired) electrons. The zero-order valence-corrected chi connectivity index (χ0v) is 41.2. The van der Waals surface area contributed by atoms with Crippen LogP contribution < -0.4 is 26.4 Å². The van der Waals surface area contributed by atoms with E-state index in [9.17, 15) is 25.5 Å². The SMILES string of the molecule is C[C@H](O)CNC[C@@H]1[C+]2C=C([C@@H](O)COc3cc(CC[C-]4C=C(CO)C(CCCCCC[C@H](N)C[C@H]5C=Cc6c(ccc7cc8c(cc67)=CCN=8)[C@@H]5O)[OH+]4)ccc3O)N=C2CC2(CCCC2)[C@H]2CCC[C@@H]12. The molecule has 3 fully saturated rings. The predicted molar refractivity (Wildman–Crippen MR) is 277 cm³/mol. The molecule has 10 rings (SSSR count). The van der Waals surface area contributed by atoms with Crippen LogP contribution in [0.4, 0.5) is 0 Å². The van der Waals surface area contributed by atoms with E-state index in [2.05, 4.69) is 65.0 Å². The van der Waals surface area contributed by atoms with Crippen LogP contribution in [0.3, 0.4) is 0 Å². The van der Waals surface area contributed by atoms with Gasteiger partial charge in [0.1, 0.15) is 30.4 Å². The molecule has 3 aromatic carbocycles. The summed E-state index contributed by atoms with van der Waals surface area (Å²) < 4.78 is 11.2. The average Bonchev–Trinajstić information content (AvgIpc) is 4.22. The van der Waals surface area contributed by atoms with Crippen molar-refractivity contribution in [2.24, 2.45) is 44.8 Å². The van der Waals surface area contributed by atoms with Crippen LogP contribution in [-0.4, -0.2) is 93.2 Å². The summed E-state index contributed by atoms with van der Waals surface area (Å²) in [7, 11) is 0. The fraction of sp³-hybridized carbons (Fsp3) is 0.559. The average molecular weight is 954 g/mol. The molecule has 0 amide bonds. The van der Waals surface area contributed by atoms with Gasteiger partial charge >= 0.3 is 0 Å². The van der Waals surface area contributed by atoms with Gasteiger partial charge in [-0.25, -0.2) is 0 Å². The number of rotatable bonds is 21. The number of aromatic hydroxyl groups is 1. The number of allylic oxidation sites excluding steroid dienone is 1. The number of aliphatic imine (C=N–C) groups is 1. The van der Waals surface area contributed by atoms with Crippen molar-refractivity contribution in [3.8, 4) is 11.5 Å². The van der Waals surface area contributed by atoms with Gasteiger partial charge in [0.15, 0.2) is 17.6 Å². The third kappa shape index (κ3) is 10.5. The van der Waals surface area contributed by atoms with Gasteiger partial charge < -0.3 is 46.1 Å². The van der Waals surface area contributed by atoms with E-state index in [0.717, 1.165) is 109 Å². The van der Waals surface area contributed by atoms with Crippen molar-refractivity contribution in [1.29, 1.82) is 0 Å². The second-order valence-electron chi connectivity index (χ2n) is 22.0.